The van der Waals surface area contributed by atoms with Gasteiger partial charge in [0.15, 0.2) is 0 Å². The van der Waals surface area contributed by atoms with Crippen molar-refractivity contribution >= 4 is 5.97 Å². The van der Waals surface area contributed by atoms with Crippen molar-refractivity contribution in [2.24, 2.45) is 0 Å². The highest BCUT2D eigenvalue weighted by molar-refractivity contribution is 5.87. The second-order valence-electron chi connectivity index (χ2n) is 5.25. The van der Waals surface area contributed by atoms with E-state index in [4.69, 9.17) is 4.74 Å². The molecule has 0 aromatic heterocycles. The van der Waals surface area contributed by atoms with Crippen LogP contribution in [0.2, 0.25) is 0 Å². The fraction of sp³-hybridized carbons (Fsp3) is 0.769. The van der Waals surface area contributed by atoms with E-state index in [1.807, 2.05) is 11.9 Å². The Morgan fingerprint density at radius 3 is 2.22 bits per heavy atom. The number of likely N-dealkylation sites (N-methyl/N-ethyl adjacent to an activating group) is 1. The molecule has 0 spiro atoms. The maximum Gasteiger partial charge on any atom is 0.333 e. The molecule has 2 aliphatic rings. The molecule has 2 saturated heterocycles. The number of esters is 1. The molecule has 0 amide bonds. The number of fused-ring (bicyclic) bond motifs is 2. The number of rotatable bonds is 2. The Bertz CT molecular complexity index is 342. The Kier molecular flexibility index (Phi) is 3.75. The lowest BCUT2D eigenvalue weighted by Crippen LogP contribution is -2.46. The van der Waals surface area contributed by atoms with Gasteiger partial charge in [0.2, 0.25) is 0 Å². The van der Waals surface area contributed by atoms with Crippen molar-refractivity contribution in [3.63, 3.8) is 0 Å². The quantitative estimate of drug-likeness (QED) is 0.539. The van der Waals surface area contributed by atoms with E-state index in [9.17, 15) is 15.0 Å². The van der Waals surface area contributed by atoms with Gasteiger partial charge in [-0.15, -0.1) is 0 Å². The Balaban J connectivity index is 2.02. The summed E-state index contributed by atoms with van der Waals surface area (Å²) in [6.45, 7) is 3.51. The van der Waals surface area contributed by atoms with Crippen molar-refractivity contribution in [3.05, 3.63) is 11.6 Å². The van der Waals surface area contributed by atoms with Crippen LogP contribution in [0.25, 0.3) is 0 Å². The summed E-state index contributed by atoms with van der Waals surface area (Å²) < 4.78 is 5.41. The molecule has 0 radical (unpaired) electrons. The van der Waals surface area contributed by atoms with E-state index < -0.39 is 12.2 Å². The van der Waals surface area contributed by atoms with Crippen molar-refractivity contribution < 1.29 is 19.7 Å². The molecule has 2 aliphatic heterocycles. The Labute approximate surface area is 107 Å². The van der Waals surface area contributed by atoms with Crippen LogP contribution in [0.15, 0.2) is 11.6 Å². The number of piperidine rings is 1. The van der Waals surface area contributed by atoms with Crippen LogP contribution < -0.4 is 0 Å². The molecule has 2 rings (SSSR count). The first-order valence-electron chi connectivity index (χ1n) is 6.37. The van der Waals surface area contributed by atoms with Crippen molar-refractivity contribution in [2.45, 2.75) is 57.1 Å². The Morgan fingerprint density at radius 1 is 1.28 bits per heavy atom. The molecule has 18 heavy (non-hydrogen) atoms. The van der Waals surface area contributed by atoms with Gasteiger partial charge in [-0.2, -0.15) is 0 Å². The van der Waals surface area contributed by atoms with Gasteiger partial charge in [-0.1, -0.05) is 6.08 Å². The van der Waals surface area contributed by atoms with Crippen LogP contribution in [0.5, 0.6) is 0 Å². The average Bonchev–Trinajstić information content (AvgIpc) is 2.50. The van der Waals surface area contributed by atoms with Crippen molar-refractivity contribution in [1.82, 2.24) is 4.90 Å². The van der Waals surface area contributed by atoms with E-state index in [2.05, 4.69) is 0 Å². The number of aliphatic hydroxyl groups is 2. The van der Waals surface area contributed by atoms with Crippen LogP contribution in [0.3, 0.4) is 0 Å². The molecule has 5 atom stereocenters. The third kappa shape index (κ3) is 2.18. The first-order valence-corrected chi connectivity index (χ1v) is 6.37. The van der Waals surface area contributed by atoms with Gasteiger partial charge in [0.1, 0.15) is 6.10 Å². The van der Waals surface area contributed by atoms with Crippen molar-refractivity contribution in [3.8, 4) is 0 Å². The molecular formula is C13H21NO4. The number of hydrogen-bond acceptors (Lipinski definition) is 5. The van der Waals surface area contributed by atoms with Crippen LogP contribution in [-0.4, -0.2) is 58.5 Å². The second-order valence-corrected chi connectivity index (χ2v) is 5.25. The third-order valence-corrected chi connectivity index (χ3v) is 4.22. The lowest BCUT2D eigenvalue weighted by Gasteiger charge is -2.35. The number of carbonyl (C=O) groups is 1. The van der Waals surface area contributed by atoms with E-state index in [0.29, 0.717) is 18.4 Å². The van der Waals surface area contributed by atoms with Gasteiger partial charge in [-0.05, 0) is 20.9 Å². The van der Waals surface area contributed by atoms with Crippen LogP contribution in [-0.2, 0) is 9.53 Å². The van der Waals surface area contributed by atoms with Crippen LogP contribution in [0.1, 0.15) is 26.7 Å². The van der Waals surface area contributed by atoms with Gasteiger partial charge >= 0.3 is 5.97 Å². The fourth-order valence-electron chi connectivity index (χ4n) is 2.89. The summed E-state index contributed by atoms with van der Waals surface area (Å²) in [5.41, 5.74) is 0.586. The zero-order chi connectivity index (χ0) is 13.4. The maximum absolute atomic E-state index is 11.7. The summed E-state index contributed by atoms with van der Waals surface area (Å²) in [4.78, 5) is 13.7. The molecule has 2 heterocycles. The molecule has 102 valence electrons. The normalized spacial score (nSPS) is 40.9. The first kappa shape index (κ1) is 13.5. The van der Waals surface area contributed by atoms with E-state index in [-0.39, 0.29) is 24.2 Å². The summed E-state index contributed by atoms with van der Waals surface area (Å²) in [5.74, 6) is -0.310. The van der Waals surface area contributed by atoms with Gasteiger partial charge in [-0.25, -0.2) is 4.79 Å². The molecule has 5 nitrogen and oxygen atoms in total. The summed E-state index contributed by atoms with van der Waals surface area (Å²) in [6.07, 6.45) is 1.17. The number of allylic oxidation sites excluding steroid dienone is 1. The zero-order valence-corrected chi connectivity index (χ0v) is 11.0. The summed E-state index contributed by atoms with van der Waals surface area (Å²) >= 11 is 0. The molecule has 0 aromatic rings. The topological polar surface area (TPSA) is 70.0 Å². The second kappa shape index (κ2) is 4.99. The lowest BCUT2D eigenvalue weighted by atomic mass is 10.00. The average molecular weight is 255 g/mol. The number of carbonyl (C=O) groups excluding carboxylic acids is 1. The standard InChI is InChI=1S/C13H21NO4/c1-4-7(2)13(17)18-8-5-9-11(15)12(16)10(6-8)14(9)3/h4,8-12,15-16H,5-6H2,1-3H3/t8?,9-,10+,11+,12-. The first-order chi connectivity index (χ1) is 8.45. The van der Waals surface area contributed by atoms with E-state index in [0.717, 1.165) is 0 Å². The van der Waals surface area contributed by atoms with Gasteiger partial charge < -0.3 is 14.9 Å². The predicted octanol–water partition coefficient (Wildman–Crippen LogP) is 0.0626. The van der Waals surface area contributed by atoms with Gasteiger partial charge in [0.25, 0.3) is 0 Å². The molecule has 2 fully saturated rings. The van der Waals surface area contributed by atoms with Crippen molar-refractivity contribution in [2.75, 3.05) is 7.05 Å². The number of ether oxygens (including phenoxy) is 1. The highest BCUT2D eigenvalue weighted by atomic mass is 16.5. The third-order valence-electron chi connectivity index (χ3n) is 4.22. The molecule has 2 N–H and O–H groups in total. The largest absolute Gasteiger partial charge is 0.459 e. The van der Waals surface area contributed by atoms with Gasteiger partial charge in [-0.3, -0.25) is 4.90 Å². The molecule has 2 bridgehead atoms. The minimum absolute atomic E-state index is 0.123. The van der Waals surface area contributed by atoms with Gasteiger partial charge in [0, 0.05) is 30.5 Å². The Morgan fingerprint density at radius 2 is 1.78 bits per heavy atom. The molecule has 5 heteroatoms. The smallest absolute Gasteiger partial charge is 0.333 e. The van der Waals surface area contributed by atoms with Crippen LogP contribution in [0.4, 0.5) is 0 Å². The highest BCUT2D eigenvalue weighted by Crippen LogP contribution is 2.36. The monoisotopic (exact) mass is 255 g/mol. The molecule has 0 saturated carbocycles. The molecular weight excluding hydrogens is 234 g/mol. The maximum atomic E-state index is 11.7. The van der Waals surface area contributed by atoms with Crippen LogP contribution in [0, 0.1) is 0 Å². The minimum atomic E-state index is -0.744. The van der Waals surface area contributed by atoms with Crippen LogP contribution >= 0.6 is 0 Å². The van der Waals surface area contributed by atoms with Crippen molar-refractivity contribution in [1.29, 1.82) is 0 Å². The Hall–Kier alpha value is -0.910. The SMILES string of the molecule is CC=C(C)C(=O)OC1C[C@@H]2[C@H](O)[C@H](O)[C@H](C1)N2C. The van der Waals surface area contributed by atoms with Gasteiger partial charge in [0.05, 0.1) is 12.2 Å². The predicted molar refractivity (Wildman–Crippen MR) is 65.9 cm³/mol. The number of aliphatic hydroxyl groups excluding tert-OH is 2. The zero-order valence-electron chi connectivity index (χ0n) is 11.0. The molecule has 1 unspecified atom stereocenters. The van der Waals surface area contributed by atoms with E-state index in [1.54, 1.807) is 19.9 Å². The minimum Gasteiger partial charge on any atom is -0.459 e. The molecule has 0 aromatic carbocycles. The number of nitrogens with zero attached hydrogens (tertiary/aromatic N) is 1. The lowest BCUT2D eigenvalue weighted by molar-refractivity contribution is -0.148. The summed E-state index contributed by atoms with van der Waals surface area (Å²) in [5, 5.41) is 19.8. The van der Waals surface area contributed by atoms with E-state index in [1.165, 1.54) is 0 Å². The summed E-state index contributed by atoms with van der Waals surface area (Å²) in [6, 6.07) is -0.245. The fourth-order valence-corrected chi connectivity index (χ4v) is 2.89. The summed E-state index contributed by atoms with van der Waals surface area (Å²) in [7, 11) is 1.89. The molecule has 0 aliphatic carbocycles. The number of hydrogen-bond donors (Lipinski definition) is 2. The van der Waals surface area contributed by atoms with E-state index >= 15 is 0 Å². The highest BCUT2D eigenvalue weighted by Gasteiger charge is 2.51.